The lowest BCUT2D eigenvalue weighted by molar-refractivity contribution is -0.144. The normalized spacial score (nSPS) is 26.5. The van der Waals surface area contributed by atoms with Gasteiger partial charge in [-0.3, -0.25) is 0 Å². The lowest BCUT2D eigenvalue weighted by Gasteiger charge is -2.26. The first kappa shape index (κ1) is 10.1. The van der Waals surface area contributed by atoms with Gasteiger partial charge in [-0.05, 0) is 12.1 Å². The van der Waals surface area contributed by atoms with Crippen LogP contribution >= 0.6 is 0 Å². The fraction of sp³-hybridized carbons (Fsp3) is 0.625. The van der Waals surface area contributed by atoms with E-state index in [2.05, 4.69) is 10.1 Å². The zero-order chi connectivity index (χ0) is 10.8. The molecule has 0 amide bonds. The Morgan fingerprint density at radius 1 is 1.47 bits per heavy atom. The summed E-state index contributed by atoms with van der Waals surface area (Å²) in [6.45, 7) is 2.74. The molecule has 15 heavy (non-hydrogen) atoms. The van der Waals surface area contributed by atoms with Crippen molar-refractivity contribution in [2.45, 2.75) is 19.1 Å². The van der Waals surface area contributed by atoms with Crippen molar-refractivity contribution in [2.75, 3.05) is 13.2 Å². The summed E-state index contributed by atoms with van der Waals surface area (Å²) in [6.07, 6.45) is -0.708. The van der Waals surface area contributed by atoms with E-state index in [0.717, 1.165) is 0 Å². The van der Waals surface area contributed by atoms with E-state index in [0.29, 0.717) is 13.2 Å². The Hall–Kier alpha value is -1.47. The third-order valence-electron chi connectivity index (χ3n) is 2.06. The van der Waals surface area contributed by atoms with E-state index in [1.165, 1.54) is 0 Å². The SMILES string of the molecule is C[C@H]1OCCO[C@H]1c1nc(C(=O)O)no1. The number of carboxylic acid groups (broad SMARTS) is 1. The monoisotopic (exact) mass is 214 g/mol. The van der Waals surface area contributed by atoms with E-state index in [4.69, 9.17) is 19.1 Å². The van der Waals surface area contributed by atoms with Crippen LogP contribution in [-0.2, 0) is 9.47 Å². The Bertz CT molecular complexity index is 364. The highest BCUT2D eigenvalue weighted by Crippen LogP contribution is 2.24. The highest BCUT2D eigenvalue weighted by molar-refractivity contribution is 5.82. The van der Waals surface area contributed by atoms with Gasteiger partial charge in [-0.25, -0.2) is 4.79 Å². The first-order valence-electron chi connectivity index (χ1n) is 4.48. The Kier molecular flexibility index (Phi) is 2.65. The van der Waals surface area contributed by atoms with Gasteiger partial charge in [0.15, 0.2) is 6.10 Å². The molecule has 82 valence electrons. The zero-order valence-electron chi connectivity index (χ0n) is 8.04. The second kappa shape index (κ2) is 3.95. The average molecular weight is 214 g/mol. The van der Waals surface area contributed by atoms with Crippen molar-refractivity contribution in [1.82, 2.24) is 10.1 Å². The second-order valence-corrected chi connectivity index (χ2v) is 3.13. The number of nitrogens with zero attached hydrogens (tertiary/aromatic N) is 2. The van der Waals surface area contributed by atoms with Gasteiger partial charge in [0.2, 0.25) is 0 Å². The van der Waals surface area contributed by atoms with Crippen molar-refractivity contribution in [3.8, 4) is 0 Å². The summed E-state index contributed by atoms with van der Waals surface area (Å²) in [6, 6.07) is 0. The maximum atomic E-state index is 10.5. The Morgan fingerprint density at radius 3 is 2.80 bits per heavy atom. The van der Waals surface area contributed by atoms with Gasteiger partial charge in [0, 0.05) is 0 Å². The number of aromatic carboxylic acids is 1. The van der Waals surface area contributed by atoms with Crippen LogP contribution in [0.2, 0.25) is 0 Å². The molecule has 0 spiro atoms. The second-order valence-electron chi connectivity index (χ2n) is 3.13. The maximum Gasteiger partial charge on any atom is 0.377 e. The van der Waals surface area contributed by atoms with Crippen LogP contribution in [0.15, 0.2) is 4.52 Å². The van der Waals surface area contributed by atoms with Crippen LogP contribution in [-0.4, -0.2) is 40.5 Å². The molecule has 2 rings (SSSR count). The molecule has 0 unspecified atom stereocenters. The van der Waals surface area contributed by atoms with E-state index in [1.54, 1.807) is 6.92 Å². The van der Waals surface area contributed by atoms with Gasteiger partial charge in [-0.2, -0.15) is 4.98 Å². The zero-order valence-corrected chi connectivity index (χ0v) is 8.04. The predicted molar refractivity (Wildman–Crippen MR) is 45.4 cm³/mol. The van der Waals surface area contributed by atoms with Crippen molar-refractivity contribution >= 4 is 5.97 Å². The minimum atomic E-state index is -1.23. The molecule has 0 radical (unpaired) electrons. The number of aromatic nitrogens is 2. The topological polar surface area (TPSA) is 94.7 Å². The van der Waals surface area contributed by atoms with Crippen LogP contribution in [0.25, 0.3) is 0 Å². The molecule has 0 aromatic carbocycles. The van der Waals surface area contributed by atoms with Gasteiger partial charge in [0.05, 0.1) is 19.3 Å². The predicted octanol–water partition coefficient (Wildman–Crippen LogP) is 0.244. The van der Waals surface area contributed by atoms with E-state index in [9.17, 15) is 4.79 Å². The molecule has 1 aromatic rings. The number of carboxylic acids is 1. The van der Waals surface area contributed by atoms with Gasteiger partial charge in [-0.1, -0.05) is 0 Å². The smallest absolute Gasteiger partial charge is 0.377 e. The van der Waals surface area contributed by atoms with Crippen LogP contribution < -0.4 is 0 Å². The largest absolute Gasteiger partial charge is 0.475 e. The summed E-state index contributed by atoms with van der Waals surface area (Å²) in [5.41, 5.74) is 0. The third kappa shape index (κ3) is 1.97. The average Bonchev–Trinajstić information content (AvgIpc) is 2.67. The fourth-order valence-electron chi connectivity index (χ4n) is 1.34. The van der Waals surface area contributed by atoms with Crippen LogP contribution in [0.4, 0.5) is 0 Å². The first-order chi connectivity index (χ1) is 7.18. The fourth-order valence-corrected chi connectivity index (χ4v) is 1.34. The summed E-state index contributed by atoms with van der Waals surface area (Å²) >= 11 is 0. The number of hydrogen-bond donors (Lipinski definition) is 1. The van der Waals surface area contributed by atoms with Crippen molar-refractivity contribution in [1.29, 1.82) is 0 Å². The highest BCUT2D eigenvalue weighted by atomic mass is 16.6. The van der Waals surface area contributed by atoms with Crippen molar-refractivity contribution < 1.29 is 23.9 Å². The van der Waals surface area contributed by atoms with E-state index < -0.39 is 12.1 Å². The molecular weight excluding hydrogens is 204 g/mol. The molecule has 7 heteroatoms. The van der Waals surface area contributed by atoms with Crippen molar-refractivity contribution in [2.24, 2.45) is 0 Å². The van der Waals surface area contributed by atoms with Gasteiger partial charge in [0.1, 0.15) is 0 Å². The summed E-state index contributed by atoms with van der Waals surface area (Å²) in [7, 11) is 0. The van der Waals surface area contributed by atoms with Crippen LogP contribution in [0.1, 0.15) is 29.5 Å². The number of rotatable bonds is 2. The molecule has 1 N–H and O–H groups in total. The number of ether oxygens (including phenoxy) is 2. The Morgan fingerprint density at radius 2 is 2.20 bits per heavy atom. The molecule has 0 aliphatic carbocycles. The van der Waals surface area contributed by atoms with Gasteiger partial charge in [-0.15, -0.1) is 0 Å². The lowest BCUT2D eigenvalue weighted by Crippen LogP contribution is -2.30. The molecule has 1 aliphatic rings. The van der Waals surface area contributed by atoms with Crippen LogP contribution in [0, 0.1) is 0 Å². The first-order valence-corrected chi connectivity index (χ1v) is 4.48. The Labute approximate surface area is 85.0 Å². The number of carbonyl (C=O) groups is 1. The highest BCUT2D eigenvalue weighted by Gasteiger charge is 2.30. The van der Waals surface area contributed by atoms with Crippen molar-refractivity contribution in [3.05, 3.63) is 11.7 Å². The summed E-state index contributed by atoms with van der Waals surface area (Å²) < 4.78 is 15.5. The lowest BCUT2D eigenvalue weighted by atomic mass is 10.2. The molecule has 2 heterocycles. The standard InChI is InChI=1S/C8H10N2O5/c1-4-5(14-3-2-13-4)7-9-6(8(11)12)10-15-7/h4-5H,2-3H2,1H3,(H,11,12)/t4-,5-/m1/s1. The maximum absolute atomic E-state index is 10.5. The summed E-state index contributed by atoms with van der Waals surface area (Å²) in [4.78, 5) is 14.2. The Balaban J connectivity index is 2.17. The molecule has 0 bridgehead atoms. The molecule has 1 aromatic heterocycles. The van der Waals surface area contributed by atoms with Gasteiger partial charge in [0.25, 0.3) is 11.7 Å². The molecule has 2 atom stereocenters. The third-order valence-corrected chi connectivity index (χ3v) is 2.06. The minimum absolute atomic E-state index is 0.139. The van der Waals surface area contributed by atoms with E-state index >= 15 is 0 Å². The molecule has 1 fully saturated rings. The molecule has 0 saturated carbocycles. The van der Waals surface area contributed by atoms with Gasteiger partial charge >= 0.3 is 5.97 Å². The van der Waals surface area contributed by atoms with E-state index in [1.807, 2.05) is 0 Å². The molecule has 1 aliphatic heterocycles. The summed E-state index contributed by atoms with van der Waals surface area (Å²) in [5.74, 6) is -1.46. The van der Waals surface area contributed by atoms with Gasteiger partial charge < -0.3 is 19.1 Å². The minimum Gasteiger partial charge on any atom is -0.475 e. The quantitative estimate of drug-likeness (QED) is 0.753. The molecule has 7 nitrogen and oxygen atoms in total. The number of hydrogen-bond acceptors (Lipinski definition) is 6. The molecule has 1 saturated heterocycles. The molecular formula is C8H10N2O5. The van der Waals surface area contributed by atoms with Crippen LogP contribution in [0.5, 0.6) is 0 Å². The van der Waals surface area contributed by atoms with Crippen LogP contribution in [0.3, 0.4) is 0 Å². The summed E-state index contributed by atoms with van der Waals surface area (Å²) in [5, 5.41) is 11.9. The van der Waals surface area contributed by atoms with E-state index in [-0.39, 0.29) is 17.8 Å². The van der Waals surface area contributed by atoms with Crippen molar-refractivity contribution in [3.63, 3.8) is 0 Å².